The zero-order chi connectivity index (χ0) is 20.1. The second-order valence-electron chi connectivity index (χ2n) is 5.93. The third-order valence-corrected chi connectivity index (χ3v) is 6.54. The summed E-state index contributed by atoms with van der Waals surface area (Å²) >= 11 is 14.9. The van der Waals surface area contributed by atoms with Gasteiger partial charge >= 0.3 is 0 Å². The number of halogens is 2. The highest BCUT2D eigenvalue weighted by Gasteiger charge is 2.11. The molecule has 1 aromatic heterocycles. The number of hydrogen-bond donors (Lipinski definition) is 1. The second-order valence-corrected chi connectivity index (χ2v) is 8.98. The maximum absolute atomic E-state index is 12.1. The Bertz CT molecular complexity index is 995. The van der Waals surface area contributed by atoms with Crippen molar-refractivity contribution >= 4 is 57.3 Å². The Kier molecular flexibility index (Phi) is 7.18. The summed E-state index contributed by atoms with van der Waals surface area (Å²) in [5, 5.41) is 12.4. The van der Waals surface area contributed by atoms with Crippen LogP contribution in [0, 0.1) is 13.8 Å². The van der Waals surface area contributed by atoms with Crippen molar-refractivity contribution in [1.82, 2.24) is 10.2 Å². The van der Waals surface area contributed by atoms with Crippen LogP contribution in [0.25, 0.3) is 0 Å². The molecule has 0 saturated heterocycles. The van der Waals surface area contributed by atoms with E-state index in [9.17, 15) is 4.79 Å². The molecule has 0 unspecified atom stereocenters. The molecule has 28 heavy (non-hydrogen) atoms. The van der Waals surface area contributed by atoms with Gasteiger partial charge in [-0.05, 0) is 48.7 Å². The van der Waals surface area contributed by atoms with E-state index < -0.39 is 0 Å². The SMILES string of the molecule is Cc1cccc(OCC(=O)Nc2nnc(SCc3ccc(Cl)cc3Cl)s2)c1C. The monoisotopic (exact) mass is 453 g/mol. The van der Waals surface area contributed by atoms with Gasteiger partial charge in [-0.1, -0.05) is 64.5 Å². The summed E-state index contributed by atoms with van der Waals surface area (Å²) in [7, 11) is 0. The van der Waals surface area contributed by atoms with Crippen molar-refractivity contribution in [1.29, 1.82) is 0 Å². The van der Waals surface area contributed by atoms with Crippen LogP contribution in [0.3, 0.4) is 0 Å². The van der Waals surface area contributed by atoms with Gasteiger partial charge < -0.3 is 4.74 Å². The van der Waals surface area contributed by atoms with Gasteiger partial charge in [0.05, 0.1) is 0 Å². The fourth-order valence-electron chi connectivity index (χ4n) is 2.28. The largest absolute Gasteiger partial charge is 0.483 e. The van der Waals surface area contributed by atoms with Crippen LogP contribution in [0.4, 0.5) is 5.13 Å². The molecule has 0 fully saturated rings. The Balaban J connectivity index is 1.51. The maximum atomic E-state index is 12.1. The molecule has 1 amide bonds. The number of amides is 1. The zero-order valence-corrected chi connectivity index (χ0v) is 18.3. The van der Waals surface area contributed by atoms with Gasteiger partial charge in [0.15, 0.2) is 10.9 Å². The maximum Gasteiger partial charge on any atom is 0.264 e. The molecule has 1 N–H and O–H groups in total. The van der Waals surface area contributed by atoms with Crippen molar-refractivity contribution < 1.29 is 9.53 Å². The molecule has 0 bridgehead atoms. The van der Waals surface area contributed by atoms with Crippen LogP contribution in [0.5, 0.6) is 5.75 Å². The standard InChI is InChI=1S/C19H17Cl2N3O2S2/c1-11-4-3-5-16(12(11)2)26-9-17(25)22-18-23-24-19(28-18)27-10-13-6-7-14(20)8-15(13)21/h3-8H,9-10H2,1-2H3,(H,22,23,25). The number of ether oxygens (including phenoxy) is 1. The molecule has 0 spiro atoms. The molecule has 0 atom stereocenters. The van der Waals surface area contributed by atoms with Crippen LogP contribution >= 0.6 is 46.3 Å². The highest BCUT2D eigenvalue weighted by molar-refractivity contribution is 8.00. The van der Waals surface area contributed by atoms with Crippen molar-refractivity contribution in [2.75, 3.05) is 11.9 Å². The Hall–Kier alpha value is -1.80. The predicted octanol–water partition coefficient (Wildman–Crippen LogP) is 5.77. The molecule has 1 heterocycles. The lowest BCUT2D eigenvalue weighted by molar-refractivity contribution is -0.118. The van der Waals surface area contributed by atoms with E-state index >= 15 is 0 Å². The van der Waals surface area contributed by atoms with Crippen LogP contribution < -0.4 is 10.1 Å². The van der Waals surface area contributed by atoms with Gasteiger partial charge in [-0.25, -0.2) is 0 Å². The fraction of sp³-hybridized carbons (Fsp3) is 0.211. The highest BCUT2D eigenvalue weighted by atomic mass is 35.5. The third kappa shape index (κ3) is 5.61. The summed E-state index contributed by atoms with van der Waals surface area (Å²) in [6.45, 7) is 3.87. The lowest BCUT2D eigenvalue weighted by Crippen LogP contribution is -2.20. The van der Waals surface area contributed by atoms with E-state index in [2.05, 4.69) is 15.5 Å². The van der Waals surface area contributed by atoms with Crippen LogP contribution in [-0.2, 0) is 10.5 Å². The minimum atomic E-state index is -0.283. The highest BCUT2D eigenvalue weighted by Crippen LogP contribution is 2.31. The van der Waals surface area contributed by atoms with E-state index in [0.29, 0.717) is 26.7 Å². The van der Waals surface area contributed by atoms with Crippen molar-refractivity contribution in [3.05, 3.63) is 63.1 Å². The molecule has 3 rings (SSSR count). The van der Waals surface area contributed by atoms with Gasteiger partial charge in [0.2, 0.25) is 5.13 Å². The van der Waals surface area contributed by atoms with Crippen LogP contribution in [0.2, 0.25) is 10.0 Å². The van der Waals surface area contributed by atoms with E-state index in [-0.39, 0.29) is 12.5 Å². The number of nitrogens with one attached hydrogen (secondary N) is 1. The van der Waals surface area contributed by atoms with Crippen molar-refractivity contribution in [3.63, 3.8) is 0 Å². The number of anilines is 1. The van der Waals surface area contributed by atoms with E-state index in [1.54, 1.807) is 12.1 Å². The average molecular weight is 454 g/mol. The Morgan fingerprint density at radius 2 is 2.04 bits per heavy atom. The number of hydrogen-bond acceptors (Lipinski definition) is 6. The summed E-state index contributed by atoms with van der Waals surface area (Å²) in [6, 6.07) is 11.1. The summed E-state index contributed by atoms with van der Waals surface area (Å²) in [4.78, 5) is 12.1. The van der Waals surface area contributed by atoms with Gasteiger partial charge in [-0.2, -0.15) is 0 Å². The number of benzene rings is 2. The summed E-state index contributed by atoms with van der Waals surface area (Å²) in [6.07, 6.45) is 0. The number of thioether (sulfide) groups is 1. The van der Waals surface area contributed by atoms with Crippen molar-refractivity contribution in [2.45, 2.75) is 23.9 Å². The first-order valence-corrected chi connectivity index (χ1v) is 10.9. The predicted molar refractivity (Wildman–Crippen MR) is 116 cm³/mol. The smallest absolute Gasteiger partial charge is 0.264 e. The Morgan fingerprint density at radius 1 is 1.21 bits per heavy atom. The van der Waals surface area contributed by atoms with E-state index in [1.165, 1.54) is 23.1 Å². The minimum Gasteiger partial charge on any atom is -0.483 e. The molecule has 146 valence electrons. The molecule has 0 aliphatic carbocycles. The third-order valence-electron chi connectivity index (χ3n) is 3.93. The van der Waals surface area contributed by atoms with E-state index in [0.717, 1.165) is 21.0 Å². The number of rotatable bonds is 7. The summed E-state index contributed by atoms with van der Waals surface area (Å²) in [5.41, 5.74) is 3.09. The van der Waals surface area contributed by atoms with E-state index in [1.807, 2.05) is 38.1 Å². The Morgan fingerprint density at radius 3 is 2.82 bits per heavy atom. The molecule has 0 radical (unpaired) electrons. The van der Waals surface area contributed by atoms with Crippen LogP contribution in [0.15, 0.2) is 40.7 Å². The molecular weight excluding hydrogens is 437 g/mol. The summed E-state index contributed by atoms with van der Waals surface area (Å²) in [5.74, 6) is 1.05. The van der Waals surface area contributed by atoms with Crippen molar-refractivity contribution in [3.8, 4) is 5.75 Å². The molecule has 3 aromatic rings. The number of carbonyl (C=O) groups excluding carboxylic acids is 1. The first-order chi connectivity index (χ1) is 13.4. The molecule has 9 heteroatoms. The number of aryl methyl sites for hydroxylation is 1. The van der Waals surface area contributed by atoms with Gasteiger partial charge in [0.1, 0.15) is 5.75 Å². The lowest BCUT2D eigenvalue weighted by atomic mass is 10.1. The number of carbonyl (C=O) groups is 1. The number of aromatic nitrogens is 2. The van der Waals surface area contributed by atoms with Crippen LogP contribution in [-0.4, -0.2) is 22.7 Å². The second kappa shape index (κ2) is 9.60. The summed E-state index contributed by atoms with van der Waals surface area (Å²) < 4.78 is 6.33. The number of nitrogens with zero attached hydrogens (tertiary/aromatic N) is 2. The van der Waals surface area contributed by atoms with Gasteiger partial charge in [0, 0.05) is 15.8 Å². The van der Waals surface area contributed by atoms with E-state index in [4.69, 9.17) is 27.9 Å². The zero-order valence-electron chi connectivity index (χ0n) is 15.2. The van der Waals surface area contributed by atoms with Gasteiger partial charge in [-0.15, -0.1) is 10.2 Å². The fourth-order valence-corrected chi connectivity index (χ4v) is 4.60. The molecule has 2 aromatic carbocycles. The topological polar surface area (TPSA) is 64.1 Å². The minimum absolute atomic E-state index is 0.0905. The van der Waals surface area contributed by atoms with Gasteiger partial charge in [-0.3, -0.25) is 10.1 Å². The normalized spacial score (nSPS) is 10.7. The molecule has 0 saturated carbocycles. The lowest BCUT2D eigenvalue weighted by Gasteiger charge is -2.10. The molecule has 5 nitrogen and oxygen atoms in total. The Labute approximate surface area is 181 Å². The average Bonchev–Trinajstić information content (AvgIpc) is 3.09. The van der Waals surface area contributed by atoms with Gasteiger partial charge in [0.25, 0.3) is 5.91 Å². The van der Waals surface area contributed by atoms with Crippen molar-refractivity contribution in [2.24, 2.45) is 0 Å². The van der Waals surface area contributed by atoms with Crippen LogP contribution in [0.1, 0.15) is 16.7 Å². The molecule has 0 aliphatic rings. The molecular formula is C19H17Cl2N3O2S2. The first kappa shape index (κ1) is 20.9. The molecule has 0 aliphatic heterocycles. The first-order valence-electron chi connectivity index (χ1n) is 8.31. The quantitative estimate of drug-likeness (QED) is 0.363.